The zero-order chi connectivity index (χ0) is 22.9. The van der Waals surface area contributed by atoms with Gasteiger partial charge in [0.1, 0.15) is 11.6 Å². The van der Waals surface area contributed by atoms with Gasteiger partial charge in [0.05, 0.1) is 6.20 Å². The van der Waals surface area contributed by atoms with Gasteiger partial charge < -0.3 is 10.2 Å². The lowest BCUT2D eigenvalue weighted by Crippen LogP contribution is -2.42. The summed E-state index contributed by atoms with van der Waals surface area (Å²) in [5.74, 6) is 1.77. The number of nitrogens with zero attached hydrogens (tertiary/aromatic N) is 6. The molecular weight excluding hydrogens is 525 g/mol. The molecule has 1 fully saturated rings. The number of benzene rings is 1. The van der Waals surface area contributed by atoms with Crippen LogP contribution in [0.5, 0.6) is 0 Å². The van der Waals surface area contributed by atoms with E-state index in [0.29, 0.717) is 0 Å². The molecule has 1 N–H and O–H groups in total. The largest absolute Gasteiger partial charge is 0.354 e. The predicted octanol–water partition coefficient (Wildman–Crippen LogP) is 4.89. The maximum atomic E-state index is 4.77. The van der Waals surface area contributed by atoms with Crippen molar-refractivity contribution in [2.75, 3.05) is 36.4 Å². The van der Waals surface area contributed by atoms with Crippen LogP contribution in [-0.4, -0.2) is 49.0 Å². The fourth-order valence-corrected chi connectivity index (χ4v) is 4.52. The fourth-order valence-electron chi connectivity index (χ4n) is 4.08. The summed E-state index contributed by atoms with van der Waals surface area (Å²) in [6.07, 6.45) is 5.80. The molecule has 0 saturated carbocycles. The van der Waals surface area contributed by atoms with E-state index in [1.165, 1.54) is 0 Å². The second-order valence-corrected chi connectivity index (χ2v) is 9.75. The molecule has 4 heterocycles. The average Bonchev–Trinajstić information content (AvgIpc) is 3.25. The molecule has 1 aromatic carbocycles. The van der Waals surface area contributed by atoms with Crippen LogP contribution in [0.4, 0.5) is 11.6 Å². The number of pyridine rings is 2. The van der Waals surface area contributed by atoms with Crippen molar-refractivity contribution in [2.24, 2.45) is 7.05 Å². The minimum Gasteiger partial charge on any atom is -0.354 e. The van der Waals surface area contributed by atoms with E-state index in [4.69, 9.17) is 4.98 Å². The third-order valence-electron chi connectivity index (χ3n) is 5.88. The average molecular weight is 551 g/mol. The Bertz CT molecular complexity index is 1320. The molecule has 0 unspecified atom stereocenters. The highest BCUT2D eigenvalue weighted by molar-refractivity contribution is 14.1. The van der Waals surface area contributed by atoms with Gasteiger partial charge in [0.25, 0.3) is 0 Å². The van der Waals surface area contributed by atoms with E-state index in [9.17, 15) is 0 Å². The number of nitrogens with one attached hydrogen (secondary N) is 1. The molecule has 1 aliphatic rings. The summed E-state index contributed by atoms with van der Waals surface area (Å²) in [5, 5.41) is 9.89. The molecule has 4 aromatic rings. The van der Waals surface area contributed by atoms with Gasteiger partial charge in [-0.3, -0.25) is 4.68 Å². The van der Waals surface area contributed by atoms with Crippen molar-refractivity contribution in [3.8, 4) is 11.1 Å². The molecule has 0 spiro atoms. The summed E-state index contributed by atoms with van der Waals surface area (Å²) in [6, 6.07) is 12.6. The van der Waals surface area contributed by atoms with Gasteiger partial charge in [0, 0.05) is 96.4 Å². The van der Waals surface area contributed by atoms with E-state index in [1.54, 1.807) is 0 Å². The zero-order valence-corrected chi connectivity index (χ0v) is 21.0. The summed E-state index contributed by atoms with van der Waals surface area (Å²) < 4.78 is 4.13. The molecule has 1 aliphatic heterocycles. The number of hydrogen-bond acceptors (Lipinski definition) is 6. The molecular formula is C25H26IN7. The topological polar surface area (TPSA) is 62.1 Å². The van der Waals surface area contributed by atoms with E-state index in [2.05, 4.69) is 89.3 Å². The lowest BCUT2D eigenvalue weighted by molar-refractivity contribution is 0.458. The van der Waals surface area contributed by atoms with E-state index >= 15 is 0 Å². The second-order valence-electron chi connectivity index (χ2n) is 8.39. The van der Waals surface area contributed by atoms with Crippen molar-refractivity contribution in [3.05, 3.63) is 72.8 Å². The molecule has 0 atom stereocenters. The normalized spacial score (nSPS) is 14.6. The Kier molecular flexibility index (Phi) is 6.03. The predicted molar refractivity (Wildman–Crippen MR) is 143 cm³/mol. The van der Waals surface area contributed by atoms with Crippen LogP contribution in [0, 0.1) is 6.92 Å². The van der Waals surface area contributed by atoms with E-state index in [1.807, 2.05) is 37.2 Å². The van der Waals surface area contributed by atoms with Gasteiger partial charge in [0.15, 0.2) is 0 Å². The molecule has 1 saturated heterocycles. The summed E-state index contributed by atoms with van der Waals surface area (Å²) in [5.41, 5.74) is 5.05. The molecule has 0 aliphatic carbocycles. The molecule has 0 radical (unpaired) electrons. The number of anilines is 2. The minimum absolute atomic E-state index is 0.769. The maximum Gasteiger partial charge on any atom is 0.130 e. The van der Waals surface area contributed by atoms with Crippen molar-refractivity contribution in [1.82, 2.24) is 22.9 Å². The number of fused-ring (bicyclic) bond motifs is 1. The molecule has 3 aromatic heterocycles. The molecule has 8 heteroatoms. The van der Waals surface area contributed by atoms with Gasteiger partial charge in [0.2, 0.25) is 0 Å². The lowest BCUT2D eigenvalue weighted by atomic mass is 10.0. The van der Waals surface area contributed by atoms with Crippen molar-refractivity contribution in [1.29, 1.82) is 0 Å². The van der Waals surface area contributed by atoms with Crippen molar-refractivity contribution in [2.45, 2.75) is 6.92 Å². The summed E-state index contributed by atoms with van der Waals surface area (Å²) >= 11 is 2.39. The summed E-state index contributed by atoms with van der Waals surface area (Å²) in [4.78, 5) is 11.7. The third-order valence-corrected chi connectivity index (χ3v) is 6.84. The Morgan fingerprint density at radius 3 is 2.58 bits per heavy atom. The summed E-state index contributed by atoms with van der Waals surface area (Å²) in [6.45, 7) is 10.3. The Balaban J connectivity index is 1.38. The number of hydrogen-bond donors (Lipinski definition) is 1. The molecule has 5 rings (SSSR count). The first-order valence-electron chi connectivity index (χ1n) is 10.9. The van der Waals surface area contributed by atoms with Crippen LogP contribution in [-0.2, 0) is 7.05 Å². The summed E-state index contributed by atoms with van der Waals surface area (Å²) in [7, 11) is 1.93. The molecule has 0 bridgehead atoms. The van der Waals surface area contributed by atoms with Gasteiger partial charge in [-0.25, -0.2) is 13.1 Å². The number of piperazine rings is 1. The number of rotatable bonds is 5. The second kappa shape index (κ2) is 9.11. The maximum absolute atomic E-state index is 4.77. The SMILES string of the molecule is C=C(Nc1cc2cc(-c3cnn(C)c3)ccc2cn1)c1cc(C)nc(N2CCN(I)CC2)c1. The van der Waals surface area contributed by atoms with Crippen LogP contribution in [0.3, 0.4) is 0 Å². The van der Waals surface area contributed by atoms with Gasteiger partial charge in [-0.05, 0) is 42.1 Å². The third kappa shape index (κ3) is 4.86. The smallest absolute Gasteiger partial charge is 0.130 e. The van der Waals surface area contributed by atoms with Gasteiger partial charge in [-0.1, -0.05) is 18.7 Å². The van der Waals surface area contributed by atoms with Crippen LogP contribution >= 0.6 is 22.9 Å². The number of aromatic nitrogens is 4. The molecule has 168 valence electrons. The minimum atomic E-state index is 0.769. The highest BCUT2D eigenvalue weighted by atomic mass is 127. The Morgan fingerprint density at radius 1 is 1.00 bits per heavy atom. The van der Waals surface area contributed by atoms with E-state index in [-0.39, 0.29) is 0 Å². The fraction of sp³-hybridized carbons (Fsp3) is 0.240. The first-order chi connectivity index (χ1) is 15.9. The standard InChI is InChI=1S/C25H26IN7/c1-17-10-21(13-25(29-17)32-6-8-33(26)9-7-32)18(2)30-24-12-22-11-19(4-5-20(22)14-27-24)23-15-28-31(3)16-23/h4-5,10-16H,2,6-9H2,1,3H3,(H,27,30). The van der Waals surface area contributed by atoms with Crippen LogP contribution < -0.4 is 10.2 Å². The van der Waals surface area contributed by atoms with E-state index < -0.39 is 0 Å². The van der Waals surface area contributed by atoms with Gasteiger partial charge in [-0.2, -0.15) is 5.10 Å². The highest BCUT2D eigenvalue weighted by Gasteiger charge is 2.17. The van der Waals surface area contributed by atoms with Crippen LogP contribution in [0.15, 0.2) is 61.6 Å². The zero-order valence-electron chi connectivity index (χ0n) is 18.8. The quantitative estimate of drug-likeness (QED) is 0.282. The van der Waals surface area contributed by atoms with Crippen LogP contribution in [0.25, 0.3) is 27.6 Å². The van der Waals surface area contributed by atoms with Crippen LogP contribution in [0.1, 0.15) is 11.3 Å². The first kappa shape index (κ1) is 21.8. The Morgan fingerprint density at radius 2 is 1.82 bits per heavy atom. The van der Waals surface area contributed by atoms with Gasteiger partial charge in [-0.15, -0.1) is 0 Å². The van der Waals surface area contributed by atoms with E-state index in [0.717, 1.165) is 76.7 Å². The molecule has 33 heavy (non-hydrogen) atoms. The van der Waals surface area contributed by atoms with Crippen molar-refractivity contribution in [3.63, 3.8) is 0 Å². The van der Waals surface area contributed by atoms with Crippen LogP contribution in [0.2, 0.25) is 0 Å². The van der Waals surface area contributed by atoms with Crippen molar-refractivity contribution >= 4 is 51.0 Å². The molecule has 0 amide bonds. The highest BCUT2D eigenvalue weighted by Crippen LogP contribution is 2.27. The monoisotopic (exact) mass is 551 g/mol. The lowest BCUT2D eigenvalue weighted by Gasteiger charge is -2.32. The first-order valence-corrected chi connectivity index (χ1v) is 11.9. The Hall–Kier alpha value is -2.98. The Labute approximate surface area is 207 Å². The van der Waals surface area contributed by atoms with Crippen molar-refractivity contribution < 1.29 is 0 Å². The van der Waals surface area contributed by atoms with Gasteiger partial charge >= 0.3 is 0 Å². The molecule has 7 nitrogen and oxygen atoms in total. The number of aryl methyl sites for hydroxylation is 2. The number of halogens is 1.